The van der Waals surface area contributed by atoms with Crippen molar-refractivity contribution >= 4 is 39.2 Å². The SMILES string of the molecule is CCNC(=O)C(C)Sc1nc2sc3c(c2c(=O)n1-c1cccc(OC)c1)CCCCC3. The van der Waals surface area contributed by atoms with Crippen molar-refractivity contribution in [3.05, 3.63) is 45.1 Å². The standard InChI is InChI=1S/C23H27N3O3S2/c1-4-24-20(27)14(2)30-23-25-21-19(17-11-6-5-7-12-18(17)31-21)22(28)26(23)15-9-8-10-16(13-15)29-3/h8-10,13-14H,4-7,11-12H2,1-3H3,(H,24,27). The van der Waals surface area contributed by atoms with Gasteiger partial charge in [0.15, 0.2) is 5.16 Å². The number of carbonyl (C=O) groups is 1. The van der Waals surface area contributed by atoms with Crippen molar-refractivity contribution in [2.24, 2.45) is 0 Å². The van der Waals surface area contributed by atoms with Gasteiger partial charge in [0.1, 0.15) is 10.6 Å². The molecule has 1 atom stereocenters. The molecule has 3 aromatic rings. The molecule has 0 saturated carbocycles. The molecule has 31 heavy (non-hydrogen) atoms. The summed E-state index contributed by atoms with van der Waals surface area (Å²) in [6.07, 6.45) is 5.37. The lowest BCUT2D eigenvalue weighted by molar-refractivity contribution is -0.120. The smallest absolute Gasteiger partial charge is 0.267 e. The molecule has 1 N–H and O–H groups in total. The van der Waals surface area contributed by atoms with Gasteiger partial charge in [-0.3, -0.25) is 14.2 Å². The monoisotopic (exact) mass is 457 g/mol. The molecule has 0 fully saturated rings. The Morgan fingerprint density at radius 2 is 2.13 bits per heavy atom. The Kier molecular flexibility index (Phi) is 6.67. The lowest BCUT2D eigenvalue weighted by atomic mass is 10.1. The third-order valence-electron chi connectivity index (χ3n) is 5.52. The third-order valence-corrected chi connectivity index (χ3v) is 7.76. The van der Waals surface area contributed by atoms with Gasteiger partial charge in [-0.1, -0.05) is 24.2 Å². The molecule has 2 aromatic heterocycles. The van der Waals surface area contributed by atoms with E-state index in [4.69, 9.17) is 9.72 Å². The molecule has 1 unspecified atom stereocenters. The Labute approximate surface area is 190 Å². The molecule has 8 heteroatoms. The maximum atomic E-state index is 13.8. The van der Waals surface area contributed by atoms with Crippen molar-refractivity contribution in [1.29, 1.82) is 0 Å². The first-order chi connectivity index (χ1) is 15.0. The second kappa shape index (κ2) is 9.44. The summed E-state index contributed by atoms with van der Waals surface area (Å²) in [7, 11) is 1.61. The van der Waals surface area contributed by atoms with Gasteiger partial charge in [0, 0.05) is 17.5 Å². The van der Waals surface area contributed by atoms with Gasteiger partial charge in [0.25, 0.3) is 5.56 Å². The Morgan fingerprint density at radius 3 is 2.90 bits per heavy atom. The third kappa shape index (κ3) is 4.36. The minimum absolute atomic E-state index is 0.0664. The lowest BCUT2D eigenvalue weighted by Crippen LogP contribution is -2.31. The number of thioether (sulfide) groups is 1. The predicted molar refractivity (Wildman–Crippen MR) is 127 cm³/mol. The molecule has 0 aliphatic heterocycles. The van der Waals surface area contributed by atoms with Crippen LogP contribution in [0.1, 0.15) is 43.6 Å². The van der Waals surface area contributed by atoms with Crippen LogP contribution < -0.4 is 15.6 Å². The Bertz CT molecular complexity index is 1170. The van der Waals surface area contributed by atoms with E-state index in [1.807, 2.05) is 38.1 Å². The van der Waals surface area contributed by atoms with E-state index in [2.05, 4.69) is 5.32 Å². The van der Waals surface area contributed by atoms with Crippen molar-refractivity contribution in [3.8, 4) is 11.4 Å². The normalized spacial score (nSPS) is 14.7. The first-order valence-corrected chi connectivity index (χ1v) is 12.4. The summed E-state index contributed by atoms with van der Waals surface area (Å²) in [5.41, 5.74) is 1.79. The maximum Gasteiger partial charge on any atom is 0.267 e. The Hall–Kier alpha value is -2.32. The molecule has 4 rings (SSSR count). The van der Waals surface area contributed by atoms with Crippen LogP contribution in [-0.2, 0) is 17.6 Å². The zero-order valence-corrected chi connectivity index (χ0v) is 19.7. The number of rotatable bonds is 6. The molecule has 0 spiro atoms. The number of ether oxygens (including phenoxy) is 1. The van der Waals surface area contributed by atoms with Gasteiger partial charge in [-0.25, -0.2) is 4.98 Å². The fourth-order valence-corrected chi connectivity index (χ4v) is 6.20. The summed E-state index contributed by atoms with van der Waals surface area (Å²) >= 11 is 2.95. The number of thiophene rings is 1. The highest BCUT2D eigenvalue weighted by Crippen LogP contribution is 2.35. The van der Waals surface area contributed by atoms with Gasteiger partial charge in [0.05, 0.1) is 23.4 Å². The van der Waals surface area contributed by atoms with E-state index in [0.29, 0.717) is 23.1 Å². The molecule has 1 aliphatic carbocycles. The van der Waals surface area contributed by atoms with E-state index in [0.717, 1.165) is 35.9 Å². The van der Waals surface area contributed by atoms with Crippen LogP contribution in [0, 0.1) is 0 Å². The van der Waals surface area contributed by atoms with Crippen LogP contribution in [-0.4, -0.2) is 34.4 Å². The quantitative estimate of drug-likeness (QED) is 0.339. The van der Waals surface area contributed by atoms with Crippen LogP contribution in [0.5, 0.6) is 5.75 Å². The van der Waals surface area contributed by atoms with Gasteiger partial charge in [-0.05, 0) is 57.2 Å². The van der Waals surface area contributed by atoms with Crippen LogP contribution in [0.2, 0.25) is 0 Å². The summed E-state index contributed by atoms with van der Waals surface area (Å²) in [6.45, 7) is 4.30. The number of methoxy groups -OCH3 is 1. The van der Waals surface area contributed by atoms with Crippen molar-refractivity contribution in [2.75, 3.05) is 13.7 Å². The number of aromatic nitrogens is 2. The molecule has 164 valence electrons. The second-order valence-electron chi connectivity index (χ2n) is 7.64. The predicted octanol–water partition coefficient (Wildman–Crippen LogP) is 4.34. The number of nitrogens with one attached hydrogen (secondary N) is 1. The second-order valence-corrected chi connectivity index (χ2v) is 10.0. The molecule has 1 aliphatic rings. The topological polar surface area (TPSA) is 73.2 Å². The largest absolute Gasteiger partial charge is 0.497 e. The summed E-state index contributed by atoms with van der Waals surface area (Å²) < 4.78 is 7.02. The zero-order chi connectivity index (χ0) is 22.0. The van der Waals surface area contributed by atoms with Crippen LogP contribution in [0.15, 0.2) is 34.2 Å². The van der Waals surface area contributed by atoms with Crippen molar-refractivity contribution in [2.45, 2.75) is 56.4 Å². The number of nitrogens with zero attached hydrogens (tertiary/aromatic N) is 2. The number of aryl methyl sites for hydroxylation is 2. The summed E-state index contributed by atoms with van der Waals surface area (Å²) in [6, 6.07) is 7.42. The average Bonchev–Trinajstić information content (AvgIpc) is 2.95. The molecule has 6 nitrogen and oxygen atoms in total. The van der Waals surface area contributed by atoms with Gasteiger partial charge in [-0.2, -0.15) is 0 Å². The number of amides is 1. The van der Waals surface area contributed by atoms with E-state index in [-0.39, 0.29) is 16.7 Å². The molecular weight excluding hydrogens is 430 g/mol. The molecule has 2 heterocycles. The van der Waals surface area contributed by atoms with Gasteiger partial charge >= 0.3 is 0 Å². The van der Waals surface area contributed by atoms with Gasteiger partial charge in [0.2, 0.25) is 5.91 Å². The summed E-state index contributed by atoms with van der Waals surface area (Å²) in [4.78, 5) is 33.2. The van der Waals surface area contributed by atoms with Gasteiger partial charge in [-0.15, -0.1) is 11.3 Å². The van der Waals surface area contributed by atoms with Crippen molar-refractivity contribution in [3.63, 3.8) is 0 Å². The number of fused-ring (bicyclic) bond motifs is 3. The highest BCUT2D eigenvalue weighted by Gasteiger charge is 2.24. The highest BCUT2D eigenvalue weighted by atomic mass is 32.2. The van der Waals surface area contributed by atoms with E-state index in [1.165, 1.54) is 28.6 Å². The van der Waals surface area contributed by atoms with Crippen molar-refractivity contribution < 1.29 is 9.53 Å². The van der Waals surface area contributed by atoms with Crippen LogP contribution in [0.25, 0.3) is 15.9 Å². The van der Waals surface area contributed by atoms with E-state index in [1.54, 1.807) is 23.0 Å². The number of hydrogen-bond acceptors (Lipinski definition) is 6. The average molecular weight is 458 g/mol. The zero-order valence-electron chi connectivity index (χ0n) is 18.1. The molecule has 0 saturated heterocycles. The molecule has 1 aromatic carbocycles. The Balaban J connectivity index is 1.92. The fraction of sp³-hybridized carbons (Fsp3) is 0.435. The Morgan fingerprint density at radius 1 is 1.32 bits per heavy atom. The highest BCUT2D eigenvalue weighted by molar-refractivity contribution is 8.00. The fourth-order valence-electron chi connectivity index (χ4n) is 3.95. The first-order valence-electron chi connectivity index (χ1n) is 10.7. The molecular formula is C23H27N3O3S2. The summed E-state index contributed by atoms with van der Waals surface area (Å²) in [5, 5.41) is 3.74. The van der Waals surface area contributed by atoms with Gasteiger partial charge < -0.3 is 10.1 Å². The van der Waals surface area contributed by atoms with Crippen LogP contribution in [0.4, 0.5) is 0 Å². The lowest BCUT2D eigenvalue weighted by Gasteiger charge is -2.16. The van der Waals surface area contributed by atoms with Crippen molar-refractivity contribution in [1.82, 2.24) is 14.9 Å². The summed E-state index contributed by atoms with van der Waals surface area (Å²) in [5.74, 6) is 0.599. The number of benzene rings is 1. The molecule has 1 amide bonds. The molecule has 0 bridgehead atoms. The maximum absolute atomic E-state index is 13.8. The minimum Gasteiger partial charge on any atom is -0.497 e. The number of carbonyl (C=O) groups excluding carboxylic acids is 1. The minimum atomic E-state index is -0.376. The van der Waals surface area contributed by atoms with Crippen LogP contribution >= 0.6 is 23.1 Å². The van der Waals surface area contributed by atoms with E-state index < -0.39 is 0 Å². The van der Waals surface area contributed by atoms with Crippen LogP contribution in [0.3, 0.4) is 0 Å². The first kappa shape index (κ1) is 21.9. The molecule has 0 radical (unpaired) electrons. The number of hydrogen-bond donors (Lipinski definition) is 1. The van der Waals surface area contributed by atoms with E-state index in [9.17, 15) is 9.59 Å². The van der Waals surface area contributed by atoms with E-state index >= 15 is 0 Å².